The minimum Gasteiger partial charge on any atom is -0.353 e. The summed E-state index contributed by atoms with van der Waals surface area (Å²) in [6.07, 6.45) is 2.17. The maximum absolute atomic E-state index is 14.0. The largest absolute Gasteiger partial charge is 0.353 e. The van der Waals surface area contributed by atoms with Gasteiger partial charge in [-0.15, -0.1) is 0 Å². The van der Waals surface area contributed by atoms with Crippen LogP contribution in [-0.2, 0) is 0 Å². The Bertz CT molecular complexity index is 599. The lowest BCUT2D eigenvalue weighted by Gasteiger charge is -2.27. The summed E-state index contributed by atoms with van der Waals surface area (Å²) in [5.74, 6) is 1.18. The molecule has 138 valence electrons. The Kier molecular flexibility index (Phi) is 5.94. The van der Waals surface area contributed by atoms with Gasteiger partial charge in [0.1, 0.15) is 5.82 Å². The zero-order chi connectivity index (χ0) is 17.8. The van der Waals surface area contributed by atoms with Gasteiger partial charge < -0.3 is 10.2 Å². The average molecular weight is 346 g/mol. The van der Waals surface area contributed by atoms with E-state index in [-0.39, 0.29) is 11.7 Å². The number of benzene rings is 1. The molecule has 0 amide bonds. The second kappa shape index (κ2) is 8.17. The van der Waals surface area contributed by atoms with Gasteiger partial charge in [0.25, 0.3) is 0 Å². The summed E-state index contributed by atoms with van der Waals surface area (Å²) in [5.41, 5.74) is 0.832. The van der Waals surface area contributed by atoms with Crippen LogP contribution in [0.4, 0.5) is 4.39 Å². The van der Waals surface area contributed by atoms with Crippen molar-refractivity contribution >= 4 is 5.96 Å². The predicted molar refractivity (Wildman–Crippen MR) is 102 cm³/mol. The fourth-order valence-corrected chi connectivity index (χ4v) is 4.00. The van der Waals surface area contributed by atoms with Crippen molar-refractivity contribution in [3.8, 4) is 0 Å². The van der Waals surface area contributed by atoms with Gasteiger partial charge in [0.05, 0.1) is 0 Å². The van der Waals surface area contributed by atoms with Gasteiger partial charge in [-0.25, -0.2) is 4.39 Å². The van der Waals surface area contributed by atoms with Crippen molar-refractivity contribution in [3.05, 3.63) is 35.6 Å². The van der Waals surface area contributed by atoms with Crippen molar-refractivity contribution in [1.29, 1.82) is 0 Å². The van der Waals surface area contributed by atoms with Gasteiger partial charge >= 0.3 is 0 Å². The van der Waals surface area contributed by atoms with Crippen molar-refractivity contribution in [3.63, 3.8) is 0 Å². The lowest BCUT2D eigenvalue weighted by Crippen LogP contribution is -2.44. The number of nitrogens with zero attached hydrogens (tertiary/aromatic N) is 3. The molecule has 25 heavy (non-hydrogen) atoms. The Hall–Kier alpha value is -1.62. The van der Waals surface area contributed by atoms with E-state index in [0.29, 0.717) is 12.1 Å². The number of nitrogens with one attached hydrogen (secondary N) is 1. The standard InChI is InChI=1S/C20H31FN4/c1-4-22-20(25-12-11-15(14-25)24(5-2)6-3)23-19-13-17(19)16-9-7-8-10-18(16)21/h7-10,15,17,19H,4-6,11-14H2,1-3H3,(H,22,23). The fraction of sp³-hybridized carbons (Fsp3) is 0.650. The lowest BCUT2D eigenvalue weighted by molar-refractivity contribution is 0.223. The van der Waals surface area contributed by atoms with Gasteiger partial charge in [0.2, 0.25) is 0 Å². The van der Waals surface area contributed by atoms with Crippen LogP contribution in [0.5, 0.6) is 0 Å². The van der Waals surface area contributed by atoms with E-state index in [0.717, 1.165) is 50.7 Å². The minimum absolute atomic E-state index is 0.0893. The molecule has 1 N–H and O–H groups in total. The first-order chi connectivity index (χ1) is 12.2. The molecule has 1 aliphatic carbocycles. The van der Waals surface area contributed by atoms with Crippen LogP contribution in [0.1, 0.15) is 45.1 Å². The van der Waals surface area contributed by atoms with Crippen LogP contribution in [0.25, 0.3) is 0 Å². The van der Waals surface area contributed by atoms with Gasteiger partial charge in [-0.05, 0) is 44.5 Å². The molecule has 1 aliphatic heterocycles. The Balaban J connectivity index is 1.60. The summed E-state index contributed by atoms with van der Waals surface area (Å²) in [5, 5.41) is 3.60. The number of aliphatic imine (C=N–C) groups is 1. The molecule has 1 aromatic rings. The van der Waals surface area contributed by atoms with Gasteiger partial charge in [-0.3, -0.25) is 9.89 Å². The van der Waals surface area contributed by atoms with E-state index >= 15 is 0 Å². The second-order valence-corrected chi connectivity index (χ2v) is 7.02. The Morgan fingerprint density at radius 3 is 2.72 bits per heavy atom. The average Bonchev–Trinajstić information content (AvgIpc) is 3.20. The quantitative estimate of drug-likeness (QED) is 0.634. The molecule has 1 aromatic carbocycles. The molecule has 3 unspecified atom stereocenters. The highest BCUT2D eigenvalue weighted by Gasteiger charge is 2.41. The van der Waals surface area contributed by atoms with E-state index in [1.807, 2.05) is 12.1 Å². The van der Waals surface area contributed by atoms with Crippen LogP contribution in [0.15, 0.2) is 29.3 Å². The van der Waals surface area contributed by atoms with Crippen LogP contribution >= 0.6 is 0 Å². The van der Waals surface area contributed by atoms with Crippen LogP contribution < -0.4 is 5.32 Å². The number of guanidine groups is 1. The molecule has 1 saturated carbocycles. The molecule has 0 radical (unpaired) electrons. The Morgan fingerprint density at radius 2 is 2.04 bits per heavy atom. The zero-order valence-corrected chi connectivity index (χ0v) is 15.7. The first-order valence-electron chi connectivity index (χ1n) is 9.72. The number of likely N-dealkylation sites (tertiary alicyclic amines) is 1. The third-order valence-corrected chi connectivity index (χ3v) is 5.51. The number of rotatable bonds is 6. The van der Waals surface area contributed by atoms with E-state index in [1.54, 1.807) is 12.1 Å². The lowest BCUT2D eigenvalue weighted by atomic mass is 10.1. The van der Waals surface area contributed by atoms with E-state index in [2.05, 4.69) is 35.9 Å². The van der Waals surface area contributed by atoms with Gasteiger partial charge in [-0.1, -0.05) is 32.0 Å². The Morgan fingerprint density at radius 1 is 1.28 bits per heavy atom. The maximum Gasteiger partial charge on any atom is 0.194 e. The van der Waals surface area contributed by atoms with Crippen LogP contribution in [-0.4, -0.2) is 60.6 Å². The molecule has 1 heterocycles. The van der Waals surface area contributed by atoms with E-state index in [9.17, 15) is 4.39 Å². The van der Waals surface area contributed by atoms with Gasteiger partial charge in [-0.2, -0.15) is 0 Å². The van der Waals surface area contributed by atoms with Gasteiger partial charge in [0.15, 0.2) is 5.96 Å². The molecule has 0 spiro atoms. The second-order valence-electron chi connectivity index (χ2n) is 7.02. The summed E-state index contributed by atoms with van der Waals surface area (Å²) in [6, 6.07) is 8.05. The van der Waals surface area contributed by atoms with E-state index in [4.69, 9.17) is 4.99 Å². The predicted octanol–water partition coefficient (Wildman–Crippen LogP) is 3.06. The summed E-state index contributed by atoms with van der Waals surface area (Å²) in [7, 11) is 0. The number of hydrogen-bond donors (Lipinski definition) is 1. The van der Waals surface area contributed by atoms with Crippen LogP contribution in [0.2, 0.25) is 0 Å². The molecule has 2 fully saturated rings. The zero-order valence-electron chi connectivity index (χ0n) is 15.7. The van der Waals surface area contributed by atoms with Crippen molar-refractivity contribution in [1.82, 2.24) is 15.1 Å². The van der Waals surface area contributed by atoms with Gasteiger partial charge in [0, 0.05) is 37.6 Å². The van der Waals surface area contributed by atoms with Crippen molar-refractivity contribution in [2.24, 2.45) is 4.99 Å². The normalized spacial score (nSPS) is 26.4. The highest BCUT2D eigenvalue weighted by Crippen LogP contribution is 2.42. The summed E-state index contributed by atoms with van der Waals surface area (Å²) >= 11 is 0. The first kappa shape index (κ1) is 18.2. The summed E-state index contributed by atoms with van der Waals surface area (Å²) in [4.78, 5) is 9.61. The molecule has 3 atom stereocenters. The topological polar surface area (TPSA) is 30.9 Å². The van der Waals surface area contributed by atoms with Crippen molar-refractivity contribution in [2.45, 2.75) is 51.6 Å². The highest BCUT2D eigenvalue weighted by atomic mass is 19.1. The van der Waals surface area contributed by atoms with Crippen LogP contribution in [0, 0.1) is 5.82 Å². The molecule has 4 nitrogen and oxygen atoms in total. The SMILES string of the molecule is CCN=C(NC1CC1c1ccccc1F)N1CCC(N(CC)CC)C1. The third-order valence-electron chi connectivity index (χ3n) is 5.51. The number of hydrogen-bond acceptors (Lipinski definition) is 2. The molecule has 3 rings (SSSR count). The van der Waals surface area contributed by atoms with E-state index in [1.165, 1.54) is 6.42 Å². The highest BCUT2D eigenvalue weighted by molar-refractivity contribution is 5.81. The minimum atomic E-state index is -0.0893. The third kappa shape index (κ3) is 4.14. The fourth-order valence-electron chi connectivity index (χ4n) is 4.00. The first-order valence-corrected chi connectivity index (χ1v) is 9.72. The molecule has 0 bridgehead atoms. The van der Waals surface area contributed by atoms with Crippen molar-refractivity contribution in [2.75, 3.05) is 32.7 Å². The Labute approximate surface area is 151 Å². The monoisotopic (exact) mass is 346 g/mol. The molecular weight excluding hydrogens is 315 g/mol. The molecule has 1 saturated heterocycles. The molecule has 0 aromatic heterocycles. The number of likely N-dealkylation sites (N-methyl/N-ethyl adjacent to an activating group) is 1. The van der Waals surface area contributed by atoms with Crippen LogP contribution in [0.3, 0.4) is 0 Å². The maximum atomic E-state index is 14.0. The summed E-state index contributed by atoms with van der Waals surface area (Å²) in [6.45, 7) is 11.6. The van der Waals surface area contributed by atoms with Crippen molar-refractivity contribution < 1.29 is 4.39 Å². The molecule has 5 heteroatoms. The molecule has 2 aliphatic rings. The number of halogens is 1. The molecular formula is C20H31FN4. The smallest absolute Gasteiger partial charge is 0.194 e. The van der Waals surface area contributed by atoms with E-state index < -0.39 is 0 Å². The summed E-state index contributed by atoms with van der Waals surface area (Å²) < 4.78 is 14.0.